The Kier molecular flexibility index (Phi) is 3.99. The van der Waals surface area contributed by atoms with E-state index < -0.39 is 31.1 Å². The Bertz CT molecular complexity index is 524. The average Bonchev–Trinajstić information content (AvgIpc) is 2.68. The van der Waals surface area contributed by atoms with E-state index in [1.165, 1.54) is 10.8 Å². The van der Waals surface area contributed by atoms with Gasteiger partial charge >= 0.3 is 0 Å². The number of aromatic hydroxyl groups is 1. The normalized spacial score (nSPS) is 30.5. The van der Waals surface area contributed by atoms with Crippen LogP contribution in [-0.4, -0.2) is 54.9 Å². The van der Waals surface area contributed by atoms with Crippen LogP contribution >= 0.6 is 12.2 Å². The summed E-state index contributed by atoms with van der Waals surface area (Å²) < 4.78 is 6.44. The van der Waals surface area contributed by atoms with E-state index >= 15 is 0 Å². The van der Waals surface area contributed by atoms with Crippen molar-refractivity contribution in [2.45, 2.75) is 24.5 Å². The molecule has 1 fully saturated rings. The Morgan fingerprint density at radius 2 is 2.16 bits per heavy atom. The number of aliphatic hydroxyl groups is 3. The molecule has 0 aromatic carbocycles. The standard InChI is InChI=1S/C9H14N4O5S/c10-12-7-3(15)1-13(9(19)11-7)8-6(17)5(16)4(2-14)18-8/h1,4-6,8,14-17H,2,10H2,(H,11,12,19)/t4-,5-,6-,8-/m1/s1. The second-order valence-electron chi connectivity index (χ2n) is 4.04. The molecule has 10 heteroatoms. The number of nitrogens with zero attached hydrogens (tertiary/aromatic N) is 2. The number of ether oxygens (including phenoxy) is 1. The zero-order chi connectivity index (χ0) is 14.2. The number of nitrogens with two attached hydrogens (primary N) is 1. The summed E-state index contributed by atoms with van der Waals surface area (Å²) in [6.45, 7) is -0.454. The first-order chi connectivity index (χ1) is 8.99. The lowest BCUT2D eigenvalue weighted by molar-refractivity contribution is -0.0542. The highest BCUT2D eigenvalue weighted by Gasteiger charge is 2.43. The molecular weight excluding hydrogens is 276 g/mol. The number of hydrogen-bond acceptors (Lipinski definition) is 9. The molecule has 0 saturated carbocycles. The second kappa shape index (κ2) is 5.36. The van der Waals surface area contributed by atoms with E-state index in [9.17, 15) is 15.3 Å². The highest BCUT2D eigenvalue weighted by atomic mass is 32.1. The van der Waals surface area contributed by atoms with Crippen LogP contribution in [0.2, 0.25) is 0 Å². The third-order valence-corrected chi connectivity index (χ3v) is 3.16. The summed E-state index contributed by atoms with van der Waals surface area (Å²) in [6.07, 6.45) is -3.38. The first-order valence-corrected chi connectivity index (χ1v) is 5.81. The van der Waals surface area contributed by atoms with E-state index in [1.807, 2.05) is 0 Å². The third kappa shape index (κ3) is 2.41. The Labute approximate surface area is 112 Å². The van der Waals surface area contributed by atoms with E-state index in [0.717, 1.165) is 0 Å². The SMILES string of the molecule is NNc1nc(=S)n([C@@H]2O[C@H](CO)[C@@H](O)[C@H]2O)cc1O. The lowest BCUT2D eigenvalue weighted by Crippen LogP contribution is -2.33. The van der Waals surface area contributed by atoms with Gasteiger partial charge in [-0.25, -0.2) is 5.84 Å². The zero-order valence-corrected chi connectivity index (χ0v) is 10.5. The van der Waals surface area contributed by atoms with Crippen LogP contribution in [-0.2, 0) is 4.74 Å². The zero-order valence-electron chi connectivity index (χ0n) is 9.67. The quantitative estimate of drug-likeness (QED) is 0.216. The molecule has 0 amide bonds. The van der Waals surface area contributed by atoms with Crippen LogP contribution < -0.4 is 11.3 Å². The number of anilines is 1. The Balaban J connectivity index is 2.38. The molecule has 0 aliphatic carbocycles. The molecular formula is C9H14N4O5S. The minimum atomic E-state index is -1.30. The van der Waals surface area contributed by atoms with Crippen LogP contribution in [0, 0.1) is 4.77 Å². The van der Waals surface area contributed by atoms with Crippen molar-refractivity contribution in [1.82, 2.24) is 9.55 Å². The van der Waals surface area contributed by atoms with Crippen molar-refractivity contribution in [2.24, 2.45) is 5.84 Å². The van der Waals surface area contributed by atoms with Gasteiger partial charge in [0.2, 0.25) is 4.77 Å². The molecule has 106 valence electrons. The monoisotopic (exact) mass is 290 g/mol. The third-order valence-electron chi connectivity index (χ3n) is 2.86. The molecule has 9 nitrogen and oxygen atoms in total. The summed E-state index contributed by atoms with van der Waals surface area (Å²) in [5.41, 5.74) is 2.16. The van der Waals surface area contributed by atoms with Gasteiger partial charge in [-0.05, 0) is 12.2 Å². The van der Waals surface area contributed by atoms with Gasteiger partial charge in [0.1, 0.15) is 18.3 Å². The van der Waals surface area contributed by atoms with Crippen LogP contribution in [0.1, 0.15) is 6.23 Å². The van der Waals surface area contributed by atoms with Gasteiger partial charge in [-0.1, -0.05) is 0 Å². The largest absolute Gasteiger partial charge is 0.503 e. The molecule has 1 aliphatic rings. The summed E-state index contributed by atoms with van der Waals surface area (Å²) in [5.74, 6) is 4.82. The summed E-state index contributed by atoms with van der Waals surface area (Å²) in [6, 6.07) is 0. The molecule has 1 saturated heterocycles. The van der Waals surface area contributed by atoms with E-state index in [0.29, 0.717) is 0 Å². The number of hydrogen-bond donors (Lipinski definition) is 6. The van der Waals surface area contributed by atoms with E-state index in [1.54, 1.807) is 0 Å². The Morgan fingerprint density at radius 1 is 1.47 bits per heavy atom. The Morgan fingerprint density at radius 3 is 2.68 bits per heavy atom. The number of nitrogens with one attached hydrogen (secondary N) is 1. The summed E-state index contributed by atoms with van der Waals surface area (Å²) >= 11 is 4.98. The van der Waals surface area contributed by atoms with Crippen LogP contribution in [0.15, 0.2) is 6.20 Å². The molecule has 0 spiro atoms. The van der Waals surface area contributed by atoms with E-state index in [4.69, 9.17) is 27.9 Å². The number of rotatable bonds is 3. The summed E-state index contributed by atoms with van der Waals surface area (Å²) in [7, 11) is 0. The number of hydrazine groups is 1. The number of nitrogen functional groups attached to an aromatic ring is 1. The molecule has 4 atom stereocenters. The fourth-order valence-corrected chi connectivity index (χ4v) is 2.10. The topological polar surface area (TPSA) is 146 Å². The lowest BCUT2D eigenvalue weighted by atomic mass is 10.1. The van der Waals surface area contributed by atoms with Crippen LogP contribution in [0.5, 0.6) is 5.75 Å². The molecule has 2 heterocycles. The highest BCUT2D eigenvalue weighted by Crippen LogP contribution is 2.31. The van der Waals surface area contributed by atoms with Gasteiger partial charge in [-0.3, -0.25) is 4.57 Å². The van der Waals surface area contributed by atoms with Gasteiger partial charge in [-0.15, -0.1) is 0 Å². The molecule has 0 bridgehead atoms. The molecule has 2 rings (SSSR count). The predicted molar refractivity (Wildman–Crippen MR) is 65.5 cm³/mol. The maximum atomic E-state index is 9.85. The van der Waals surface area contributed by atoms with Crippen molar-refractivity contribution < 1.29 is 25.2 Å². The minimum Gasteiger partial charge on any atom is -0.503 e. The maximum Gasteiger partial charge on any atom is 0.203 e. The van der Waals surface area contributed by atoms with E-state index in [2.05, 4.69) is 10.4 Å². The molecule has 19 heavy (non-hydrogen) atoms. The van der Waals surface area contributed by atoms with Crippen molar-refractivity contribution in [3.05, 3.63) is 11.0 Å². The molecule has 1 aromatic rings. The highest BCUT2D eigenvalue weighted by molar-refractivity contribution is 7.71. The van der Waals surface area contributed by atoms with Crippen molar-refractivity contribution in [3.8, 4) is 5.75 Å². The fourth-order valence-electron chi connectivity index (χ4n) is 1.86. The van der Waals surface area contributed by atoms with Gasteiger partial charge in [-0.2, -0.15) is 4.98 Å². The van der Waals surface area contributed by atoms with Crippen LogP contribution in [0.4, 0.5) is 5.82 Å². The average molecular weight is 290 g/mol. The lowest BCUT2D eigenvalue weighted by Gasteiger charge is -2.19. The van der Waals surface area contributed by atoms with Crippen LogP contribution in [0.3, 0.4) is 0 Å². The van der Waals surface area contributed by atoms with Gasteiger partial charge in [0.15, 0.2) is 17.8 Å². The summed E-state index contributed by atoms with van der Waals surface area (Å²) in [5, 5.41) is 38.1. The maximum absolute atomic E-state index is 9.85. The smallest absolute Gasteiger partial charge is 0.203 e. The van der Waals surface area contributed by atoms with Gasteiger partial charge in [0, 0.05) is 0 Å². The fraction of sp³-hybridized carbons (Fsp3) is 0.556. The van der Waals surface area contributed by atoms with Gasteiger partial charge < -0.3 is 30.6 Å². The van der Waals surface area contributed by atoms with Crippen LogP contribution in [0.25, 0.3) is 0 Å². The molecule has 1 aromatic heterocycles. The van der Waals surface area contributed by atoms with Crippen molar-refractivity contribution in [3.63, 3.8) is 0 Å². The second-order valence-corrected chi connectivity index (χ2v) is 4.40. The van der Waals surface area contributed by atoms with Gasteiger partial charge in [0.25, 0.3) is 0 Å². The molecule has 0 radical (unpaired) electrons. The van der Waals surface area contributed by atoms with E-state index in [-0.39, 0.29) is 16.3 Å². The molecule has 1 aliphatic heterocycles. The molecule has 7 N–H and O–H groups in total. The predicted octanol–water partition coefficient (Wildman–Crippen LogP) is -1.78. The minimum absolute atomic E-state index is 0.0133. The number of aromatic nitrogens is 2. The van der Waals surface area contributed by atoms with Crippen molar-refractivity contribution >= 4 is 18.0 Å². The summed E-state index contributed by atoms with van der Waals surface area (Å²) in [4.78, 5) is 3.80. The van der Waals surface area contributed by atoms with Crippen molar-refractivity contribution in [1.29, 1.82) is 0 Å². The first-order valence-electron chi connectivity index (χ1n) is 5.40. The molecule has 0 unspecified atom stereocenters. The first kappa shape index (κ1) is 14.1. The Hall–Kier alpha value is -1.30. The van der Waals surface area contributed by atoms with Gasteiger partial charge in [0.05, 0.1) is 12.8 Å². The van der Waals surface area contributed by atoms with Crippen molar-refractivity contribution in [2.75, 3.05) is 12.0 Å². The number of aliphatic hydroxyl groups excluding tert-OH is 3.